The van der Waals surface area contributed by atoms with Crippen LogP contribution in [0.4, 0.5) is 0 Å². The van der Waals surface area contributed by atoms with Crippen LogP contribution in [-0.4, -0.2) is 11.1 Å². The molecule has 0 amide bonds. The van der Waals surface area contributed by atoms with Crippen LogP contribution in [0.25, 0.3) is 0 Å². The van der Waals surface area contributed by atoms with Gasteiger partial charge in [-0.2, -0.15) is 0 Å². The van der Waals surface area contributed by atoms with Gasteiger partial charge < -0.3 is 5.11 Å². The monoisotopic (exact) mass is 166 g/mol. The zero-order valence-electron chi connectivity index (χ0n) is 7.72. The van der Waals surface area contributed by atoms with Crippen LogP contribution in [0.5, 0.6) is 0 Å². The molecule has 0 fully saturated rings. The summed E-state index contributed by atoms with van der Waals surface area (Å²) in [6.45, 7) is 9.12. The van der Waals surface area contributed by atoms with Gasteiger partial charge in [0, 0.05) is 0 Å². The summed E-state index contributed by atoms with van der Waals surface area (Å²) in [6, 6.07) is 0. The molecule has 0 radical (unpaired) electrons. The molecular formula is C10H14O2. The summed E-state index contributed by atoms with van der Waals surface area (Å²) < 4.78 is 0. The predicted octanol–water partition coefficient (Wildman–Crippen LogP) is 2.54. The molecule has 0 heterocycles. The summed E-state index contributed by atoms with van der Waals surface area (Å²) in [7, 11) is 0. The first kappa shape index (κ1) is 10.7. The molecule has 12 heavy (non-hydrogen) atoms. The summed E-state index contributed by atoms with van der Waals surface area (Å²) in [5.74, 6) is -0.974. The summed E-state index contributed by atoms with van der Waals surface area (Å²) in [5.41, 5.74) is 2.12. The van der Waals surface area contributed by atoms with Gasteiger partial charge >= 0.3 is 5.97 Å². The quantitative estimate of drug-likeness (QED) is 0.516. The number of carbonyl (C=O) groups is 1. The van der Waals surface area contributed by atoms with Crippen molar-refractivity contribution in [3.63, 3.8) is 0 Å². The Labute approximate surface area is 72.9 Å². The molecule has 0 aromatic carbocycles. The highest BCUT2D eigenvalue weighted by atomic mass is 16.4. The average Bonchev–Trinajstić information content (AvgIpc) is 2.02. The van der Waals surface area contributed by atoms with Crippen LogP contribution < -0.4 is 0 Å². The molecule has 0 aliphatic carbocycles. The average molecular weight is 166 g/mol. The molecule has 0 aromatic heterocycles. The van der Waals surface area contributed by atoms with Gasteiger partial charge in [-0.3, -0.25) is 0 Å². The third kappa shape index (κ3) is 3.19. The zero-order valence-corrected chi connectivity index (χ0v) is 7.72. The van der Waals surface area contributed by atoms with Crippen molar-refractivity contribution in [3.05, 3.63) is 35.5 Å². The molecule has 66 valence electrons. The van der Waals surface area contributed by atoms with Crippen molar-refractivity contribution in [2.45, 2.75) is 20.8 Å². The minimum atomic E-state index is -0.974. The van der Waals surface area contributed by atoms with Crippen LogP contribution in [0, 0.1) is 0 Å². The molecule has 0 unspecified atom stereocenters. The van der Waals surface area contributed by atoms with E-state index in [0.29, 0.717) is 0 Å². The van der Waals surface area contributed by atoms with E-state index in [2.05, 4.69) is 6.58 Å². The van der Waals surface area contributed by atoms with Gasteiger partial charge in [0.25, 0.3) is 0 Å². The van der Waals surface area contributed by atoms with Gasteiger partial charge in [0.2, 0.25) is 0 Å². The van der Waals surface area contributed by atoms with Gasteiger partial charge in [-0.1, -0.05) is 18.2 Å². The van der Waals surface area contributed by atoms with E-state index in [9.17, 15) is 4.79 Å². The number of aliphatic carboxylic acids is 1. The second kappa shape index (κ2) is 4.54. The van der Waals surface area contributed by atoms with Crippen molar-refractivity contribution in [1.82, 2.24) is 0 Å². The molecule has 0 bridgehead atoms. The van der Waals surface area contributed by atoms with Gasteiger partial charge in [0.1, 0.15) is 0 Å². The first-order valence-corrected chi connectivity index (χ1v) is 3.72. The van der Waals surface area contributed by atoms with Crippen molar-refractivity contribution in [2.24, 2.45) is 0 Å². The number of carboxylic acids is 1. The van der Waals surface area contributed by atoms with E-state index >= 15 is 0 Å². The Hall–Kier alpha value is -1.31. The molecule has 0 spiro atoms. The molecule has 2 heteroatoms. The molecule has 0 aromatic rings. The molecule has 0 saturated heterocycles. The number of allylic oxidation sites excluding steroid dienone is 3. The summed E-state index contributed by atoms with van der Waals surface area (Å²) in [6.07, 6.45) is 3.50. The van der Waals surface area contributed by atoms with Crippen molar-refractivity contribution in [2.75, 3.05) is 0 Å². The summed E-state index contributed by atoms with van der Waals surface area (Å²) in [4.78, 5) is 10.4. The minimum Gasteiger partial charge on any atom is -0.478 e. The number of carboxylic acid groups (broad SMARTS) is 1. The Morgan fingerprint density at radius 1 is 1.33 bits per heavy atom. The highest BCUT2D eigenvalue weighted by Gasteiger charge is 2.00. The molecule has 0 aliphatic rings. The van der Waals surface area contributed by atoms with Crippen LogP contribution in [0.15, 0.2) is 35.5 Å². The second-order valence-corrected chi connectivity index (χ2v) is 2.63. The highest BCUT2D eigenvalue weighted by molar-refractivity contribution is 5.89. The lowest BCUT2D eigenvalue weighted by atomic mass is 10.1. The smallest absolute Gasteiger partial charge is 0.335 e. The van der Waals surface area contributed by atoms with Crippen molar-refractivity contribution in [3.8, 4) is 0 Å². The Kier molecular flexibility index (Phi) is 4.05. The Morgan fingerprint density at radius 3 is 2.17 bits per heavy atom. The lowest BCUT2D eigenvalue weighted by molar-refractivity contribution is -0.132. The van der Waals surface area contributed by atoms with E-state index in [-0.39, 0.29) is 5.57 Å². The number of hydrogen-bond acceptors (Lipinski definition) is 1. The predicted molar refractivity (Wildman–Crippen MR) is 50.0 cm³/mol. The van der Waals surface area contributed by atoms with Crippen LogP contribution in [0.2, 0.25) is 0 Å². The third-order valence-electron chi connectivity index (χ3n) is 1.72. The van der Waals surface area contributed by atoms with Gasteiger partial charge in [-0.05, 0) is 32.4 Å². The second-order valence-electron chi connectivity index (χ2n) is 2.63. The largest absolute Gasteiger partial charge is 0.478 e. The van der Waals surface area contributed by atoms with E-state index in [1.807, 2.05) is 26.8 Å². The highest BCUT2D eigenvalue weighted by Crippen LogP contribution is 2.10. The third-order valence-corrected chi connectivity index (χ3v) is 1.72. The van der Waals surface area contributed by atoms with E-state index in [4.69, 9.17) is 5.11 Å². The van der Waals surface area contributed by atoms with Crippen LogP contribution in [0.1, 0.15) is 20.8 Å². The fraction of sp³-hybridized carbons (Fsp3) is 0.300. The van der Waals surface area contributed by atoms with Crippen LogP contribution >= 0.6 is 0 Å². The van der Waals surface area contributed by atoms with Gasteiger partial charge in [0.05, 0.1) is 5.57 Å². The van der Waals surface area contributed by atoms with E-state index < -0.39 is 5.97 Å². The van der Waals surface area contributed by atoms with Crippen molar-refractivity contribution in [1.29, 1.82) is 0 Å². The topological polar surface area (TPSA) is 37.3 Å². The lowest BCUT2D eigenvalue weighted by Gasteiger charge is -1.99. The molecule has 0 saturated carbocycles. The fourth-order valence-corrected chi connectivity index (χ4v) is 0.665. The minimum absolute atomic E-state index is 0.119. The molecular weight excluding hydrogens is 152 g/mol. The summed E-state index contributed by atoms with van der Waals surface area (Å²) >= 11 is 0. The maximum Gasteiger partial charge on any atom is 0.335 e. The molecule has 2 nitrogen and oxygen atoms in total. The molecule has 1 N–H and O–H groups in total. The Bertz CT molecular complexity index is 257. The normalized spacial score (nSPS) is 12.9. The SMILES string of the molecule is C=C(/C=C(C)\C(C)=C/C)C(=O)O. The van der Waals surface area contributed by atoms with Crippen LogP contribution in [-0.2, 0) is 4.79 Å². The maximum absolute atomic E-state index is 10.4. The number of rotatable bonds is 3. The van der Waals surface area contributed by atoms with Crippen LogP contribution in [0.3, 0.4) is 0 Å². The molecule has 0 rings (SSSR count). The summed E-state index contributed by atoms with van der Waals surface area (Å²) in [5, 5.41) is 8.52. The first-order chi connectivity index (χ1) is 5.49. The van der Waals surface area contributed by atoms with E-state index in [1.54, 1.807) is 6.08 Å². The Balaban J connectivity index is 4.58. The standard InChI is InChI=1S/C10H14O2/c1-5-7(2)8(3)6-9(4)10(11)12/h5-6H,4H2,1-3H3,(H,11,12)/b7-5-,8-6-. The first-order valence-electron chi connectivity index (χ1n) is 3.72. The fourth-order valence-electron chi connectivity index (χ4n) is 0.665. The van der Waals surface area contributed by atoms with Gasteiger partial charge in [0.15, 0.2) is 0 Å². The van der Waals surface area contributed by atoms with E-state index in [0.717, 1.165) is 11.1 Å². The van der Waals surface area contributed by atoms with Crippen molar-refractivity contribution < 1.29 is 9.90 Å². The molecule has 0 atom stereocenters. The lowest BCUT2D eigenvalue weighted by Crippen LogP contribution is -1.96. The molecule has 0 aliphatic heterocycles. The maximum atomic E-state index is 10.4. The van der Waals surface area contributed by atoms with Gasteiger partial charge in [-0.25, -0.2) is 4.79 Å². The zero-order chi connectivity index (χ0) is 9.72. The Morgan fingerprint density at radius 2 is 1.83 bits per heavy atom. The number of hydrogen-bond donors (Lipinski definition) is 1. The van der Waals surface area contributed by atoms with Gasteiger partial charge in [-0.15, -0.1) is 0 Å². The van der Waals surface area contributed by atoms with Crippen molar-refractivity contribution >= 4 is 5.97 Å². The van der Waals surface area contributed by atoms with E-state index in [1.165, 1.54) is 0 Å².